The molecule has 0 amide bonds. The van der Waals surface area contributed by atoms with E-state index in [0.717, 1.165) is 28.0 Å². The van der Waals surface area contributed by atoms with Crippen molar-refractivity contribution in [1.29, 1.82) is 0 Å². The van der Waals surface area contributed by atoms with Crippen LogP contribution in [-0.4, -0.2) is 31.5 Å². The van der Waals surface area contributed by atoms with Crippen LogP contribution in [0.25, 0.3) is 28.0 Å². The van der Waals surface area contributed by atoms with Gasteiger partial charge in [-0.05, 0) is 61.0 Å². The fourth-order valence-corrected chi connectivity index (χ4v) is 4.57. The van der Waals surface area contributed by atoms with Gasteiger partial charge in [-0.2, -0.15) is 0 Å². The van der Waals surface area contributed by atoms with Gasteiger partial charge < -0.3 is 14.3 Å². The van der Waals surface area contributed by atoms with Crippen LogP contribution >= 0.6 is 11.8 Å². The lowest BCUT2D eigenvalue weighted by Gasteiger charge is -2.12. The predicted molar refractivity (Wildman–Crippen MR) is 129 cm³/mol. The standard InChI is InChI=1S/C25H20N4O4S/c1-2-32-20-6-3-18(4-7-20)29-24(16-9-11-26-12-10-16)27-28-25(29)34-15-17-13-23(31)33-22-14-19(30)5-8-21(17)22/h3-14,30H,2,15H2,1H3. The minimum absolute atomic E-state index is 0.0395. The molecule has 0 saturated carbocycles. The maximum Gasteiger partial charge on any atom is 0.336 e. The van der Waals surface area contributed by atoms with Gasteiger partial charge in [-0.25, -0.2) is 4.79 Å². The highest BCUT2D eigenvalue weighted by Crippen LogP contribution is 2.32. The third-order valence-electron chi connectivity index (χ3n) is 5.15. The van der Waals surface area contributed by atoms with Crippen molar-refractivity contribution < 1.29 is 14.3 Å². The smallest absolute Gasteiger partial charge is 0.336 e. The molecular formula is C25H20N4O4S. The number of rotatable bonds is 7. The van der Waals surface area contributed by atoms with E-state index >= 15 is 0 Å². The van der Waals surface area contributed by atoms with Crippen LogP contribution in [0, 0.1) is 0 Å². The maximum atomic E-state index is 12.1. The molecule has 0 aliphatic carbocycles. The Morgan fingerprint density at radius 3 is 2.59 bits per heavy atom. The van der Waals surface area contributed by atoms with Crippen molar-refractivity contribution in [2.24, 2.45) is 0 Å². The monoisotopic (exact) mass is 472 g/mol. The number of phenols is 1. The van der Waals surface area contributed by atoms with Crippen molar-refractivity contribution in [2.75, 3.05) is 6.61 Å². The summed E-state index contributed by atoms with van der Waals surface area (Å²) in [7, 11) is 0. The van der Waals surface area contributed by atoms with Crippen LogP contribution in [-0.2, 0) is 5.75 Å². The summed E-state index contributed by atoms with van der Waals surface area (Å²) < 4.78 is 12.8. The van der Waals surface area contributed by atoms with Crippen molar-refractivity contribution >= 4 is 22.7 Å². The third-order valence-corrected chi connectivity index (χ3v) is 6.13. The second kappa shape index (κ2) is 9.40. The normalized spacial score (nSPS) is 11.1. The SMILES string of the molecule is CCOc1ccc(-n2c(SCc3cc(=O)oc4cc(O)ccc34)nnc2-c2ccncc2)cc1. The largest absolute Gasteiger partial charge is 0.508 e. The van der Waals surface area contributed by atoms with Gasteiger partial charge in [0.15, 0.2) is 11.0 Å². The van der Waals surface area contributed by atoms with Crippen LogP contribution in [0.3, 0.4) is 0 Å². The molecule has 3 heterocycles. The molecule has 0 spiro atoms. The van der Waals surface area contributed by atoms with E-state index in [1.807, 2.05) is 47.9 Å². The van der Waals surface area contributed by atoms with Gasteiger partial charge >= 0.3 is 5.63 Å². The Hall–Kier alpha value is -4.11. The molecule has 9 heteroatoms. The first-order chi connectivity index (χ1) is 16.6. The summed E-state index contributed by atoms with van der Waals surface area (Å²) in [5.74, 6) is 1.96. The highest BCUT2D eigenvalue weighted by molar-refractivity contribution is 7.98. The average Bonchev–Trinajstić information content (AvgIpc) is 3.27. The van der Waals surface area contributed by atoms with E-state index in [0.29, 0.717) is 28.9 Å². The van der Waals surface area contributed by atoms with Gasteiger partial charge in [0.05, 0.1) is 6.61 Å². The maximum absolute atomic E-state index is 12.1. The number of phenolic OH excluding ortho intramolecular Hbond substituents is 1. The summed E-state index contributed by atoms with van der Waals surface area (Å²) in [6.45, 7) is 2.53. The zero-order chi connectivity index (χ0) is 23.5. The lowest BCUT2D eigenvalue weighted by atomic mass is 10.1. The molecule has 0 aliphatic rings. The van der Waals surface area contributed by atoms with Crippen LogP contribution in [0.15, 0.2) is 87.4 Å². The number of pyridine rings is 1. The van der Waals surface area contributed by atoms with Crippen LogP contribution in [0.4, 0.5) is 0 Å². The Balaban J connectivity index is 1.54. The van der Waals surface area contributed by atoms with E-state index in [1.54, 1.807) is 24.5 Å². The number of thioether (sulfide) groups is 1. The molecule has 34 heavy (non-hydrogen) atoms. The molecular weight excluding hydrogens is 452 g/mol. The summed E-state index contributed by atoms with van der Waals surface area (Å²) in [5.41, 5.74) is 2.41. The first kappa shape index (κ1) is 21.7. The van der Waals surface area contributed by atoms with E-state index in [2.05, 4.69) is 15.2 Å². The number of benzene rings is 2. The molecule has 0 saturated heterocycles. The Kier molecular flexibility index (Phi) is 6.01. The highest BCUT2D eigenvalue weighted by atomic mass is 32.2. The molecule has 0 bridgehead atoms. The summed E-state index contributed by atoms with van der Waals surface area (Å²) in [6.07, 6.45) is 3.42. The zero-order valence-corrected chi connectivity index (χ0v) is 19.0. The molecule has 3 aromatic heterocycles. The van der Waals surface area contributed by atoms with Crippen molar-refractivity contribution in [2.45, 2.75) is 17.8 Å². The van der Waals surface area contributed by atoms with E-state index in [4.69, 9.17) is 9.15 Å². The van der Waals surface area contributed by atoms with Crippen molar-refractivity contribution in [3.63, 3.8) is 0 Å². The van der Waals surface area contributed by atoms with Crippen LogP contribution in [0.2, 0.25) is 0 Å². The Morgan fingerprint density at radius 1 is 1.03 bits per heavy atom. The molecule has 1 N–H and O–H groups in total. The first-order valence-corrected chi connectivity index (χ1v) is 11.6. The summed E-state index contributed by atoms with van der Waals surface area (Å²) >= 11 is 1.45. The Morgan fingerprint density at radius 2 is 1.82 bits per heavy atom. The number of aromatic hydroxyl groups is 1. The van der Waals surface area contributed by atoms with Crippen molar-refractivity contribution in [3.05, 3.63) is 89.0 Å². The number of ether oxygens (including phenoxy) is 1. The van der Waals surface area contributed by atoms with Gasteiger partial charge in [-0.1, -0.05) is 11.8 Å². The van der Waals surface area contributed by atoms with Gasteiger partial charge in [-0.15, -0.1) is 10.2 Å². The van der Waals surface area contributed by atoms with Gasteiger partial charge in [0.25, 0.3) is 0 Å². The topological polar surface area (TPSA) is 103 Å². The van der Waals surface area contributed by atoms with Gasteiger partial charge in [0.1, 0.15) is 17.1 Å². The molecule has 0 fully saturated rings. The highest BCUT2D eigenvalue weighted by Gasteiger charge is 2.17. The number of hydrogen-bond acceptors (Lipinski definition) is 8. The van der Waals surface area contributed by atoms with E-state index in [1.165, 1.54) is 23.9 Å². The molecule has 0 aliphatic heterocycles. The van der Waals surface area contributed by atoms with E-state index < -0.39 is 5.63 Å². The third kappa shape index (κ3) is 4.38. The molecule has 2 aromatic carbocycles. The lowest BCUT2D eigenvalue weighted by molar-refractivity contribution is 0.340. The molecule has 0 atom stereocenters. The molecule has 0 radical (unpaired) electrons. The summed E-state index contributed by atoms with van der Waals surface area (Å²) in [4.78, 5) is 16.2. The molecule has 5 rings (SSSR count). The number of nitrogens with zero attached hydrogens (tertiary/aromatic N) is 4. The quantitative estimate of drug-likeness (QED) is 0.265. The fourth-order valence-electron chi connectivity index (χ4n) is 3.62. The fraction of sp³-hybridized carbons (Fsp3) is 0.120. The minimum Gasteiger partial charge on any atom is -0.508 e. The van der Waals surface area contributed by atoms with Crippen LogP contribution in [0.5, 0.6) is 11.5 Å². The molecule has 5 aromatic rings. The molecule has 8 nitrogen and oxygen atoms in total. The van der Waals surface area contributed by atoms with E-state index in [-0.39, 0.29) is 5.75 Å². The second-order valence-corrected chi connectivity index (χ2v) is 8.31. The van der Waals surface area contributed by atoms with Crippen LogP contribution < -0.4 is 10.4 Å². The zero-order valence-electron chi connectivity index (χ0n) is 18.2. The van der Waals surface area contributed by atoms with Gasteiger partial charge in [0.2, 0.25) is 0 Å². The van der Waals surface area contributed by atoms with Gasteiger partial charge in [0, 0.05) is 46.9 Å². The van der Waals surface area contributed by atoms with Crippen molar-refractivity contribution in [3.8, 4) is 28.6 Å². The van der Waals surface area contributed by atoms with Crippen LogP contribution in [0.1, 0.15) is 12.5 Å². The number of hydrogen-bond donors (Lipinski definition) is 1. The number of fused-ring (bicyclic) bond motifs is 1. The summed E-state index contributed by atoms with van der Waals surface area (Å²) in [6, 6.07) is 17.7. The Labute approximate surface area is 198 Å². The van der Waals surface area contributed by atoms with E-state index in [9.17, 15) is 9.90 Å². The average molecular weight is 473 g/mol. The Bertz CT molecular complexity index is 1500. The number of aromatic nitrogens is 4. The van der Waals surface area contributed by atoms with Gasteiger partial charge in [-0.3, -0.25) is 9.55 Å². The minimum atomic E-state index is -0.473. The predicted octanol–water partition coefficient (Wildman–Crippen LogP) is 4.83. The second-order valence-electron chi connectivity index (χ2n) is 7.36. The first-order valence-electron chi connectivity index (χ1n) is 10.6. The van der Waals surface area contributed by atoms with Crippen molar-refractivity contribution in [1.82, 2.24) is 19.7 Å². The summed E-state index contributed by atoms with van der Waals surface area (Å²) in [5, 5.41) is 20.1. The molecule has 0 unspecified atom stereocenters. The lowest BCUT2D eigenvalue weighted by Crippen LogP contribution is -2.02. The molecule has 170 valence electrons.